The van der Waals surface area contributed by atoms with Crippen LogP contribution in [0.25, 0.3) is 0 Å². The molecule has 0 amide bonds. The van der Waals surface area contributed by atoms with Gasteiger partial charge in [-0.2, -0.15) is 8.78 Å². The van der Waals surface area contributed by atoms with Crippen molar-refractivity contribution in [3.63, 3.8) is 0 Å². The summed E-state index contributed by atoms with van der Waals surface area (Å²) in [7, 11) is 1.64. The van der Waals surface area contributed by atoms with Crippen LogP contribution in [-0.2, 0) is 4.74 Å². The molecule has 0 spiro atoms. The topological polar surface area (TPSA) is 30.5 Å². The molecule has 3 nitrogen and oxygen atoms in total. The van der Waals surface area contributed by atoms with Crippen LogP contribution in [0, 0.1) is 0 Å². The highest BCUT2D eigenvalue weighted by Crippen LogP contribution is 2.26. The van der Waals surface area contributed by atoms with Crippen LogP contribution in [-0.4, -0.2) is 25.9 Å². The Labute approximate surface area is 112 Å². The molecule has 1 rings (SSSR count). The number of methoxy groups -OCH3 is 1. The van der Waals surface area contributed by atoms with Gasteiger partial charge < -0.3 is 14.8 Å². The molecule has 3 atom stereocenters. The van der Waals surface area contributed by atoms with Crippen LogP contribution in [0.2, 0.25) is 0 Å². The predicted octanol–water partition coefficient (Wildman–Crippen LogP) is 3.36. The molecule has 0 radical (unpaired) electrons. The lowest BCUT2D eigenvalue weighted by Gasteiger charge is -2.25. The quantitative estimate of drug-likeness (QED) is 0.826. The number of hydrogen-bond acceptors (Lipinski definition) is 3. The number of ether oxygens (including phenoxy) is 2. The Morgan fingerprint density at radius 3 is 2.32 bits per heavy atom. The Morgan fingerprint density at radius 2 is 1.74 bits per heavy atom. The second-order valence-electron chi connectivity index (χ2n) is 4.53. The summed E-state index contributed by atoms with van der Waals surface area (Å²) in [6, 6.07) is 6.79. The van der Waals surface area contributed by atoms with Gasteiger partial charge in [0.25, 0.3) is 0 Å². The van der Waals surface area contributed by atoms with Gasteiger partial charge in [0.15, 0.2) is 0 Å². The maximum absolute atomic E-state index is 12.3. The molecule has 0 heterocycles. The molecule has 0 fully saturated rings. The average Bonchev–Trinajstić information content (AvgIpc) is 2.37. The molecule has 3 unspecified atom stereocenters. The number of nitrogens with one attached hydrogen (secondary N) is 1. The van der Waals surface area contributed by atoms with Crippen LogP contribution >= 0.6 is 0 Å². The number of halogens is 2. The second-order valence-corrected chi connectivity index (χ2v) is 4.53. The van der Waals surface area contributed by atoms with Crippen molar-refractivity contribution in [3.8, 4) is 5.75 Å². The van der Waals surface area contributed by atoms with Gasteiger partial charge in [-0.25, -0.2) is 0 Å². The molecule has 0 aliphatic rings. The van der Waals surface area contributed by atoms with Gasteiger partial charge in [0, 0.05) is 24.8 Å². The highest BCUT2D eigenvalue weighted by atomic mass is 19.3. The Hall–Kier alpha value is -1.20. The summed E-state index contributed by atoms with van der Waals surface area (Å²) in [6.45, 7) is 3.03. The summed E-state index contributed by atoms with van der Waals surface area (Å²) in [5.41, 5.74) is 0.706. The Kier molecular flexibility index (Phi) is 6.18. The number of hydrogen-bond donors (Lipinski definition) is 1. The molecule has 1 N–H and O–H groups in total. The Balaban J connectivity index is 2.78. The summed E-state index contributed by atoms with van der Waals surface area (Å²) in [5, 5.41) is 3.31. The SMILES string of the molecule is COC(C)C(C)NC(C)c1ccccc1OC(F)F. The van der Waals surface area contributed by atoms with E-state index in [1.165, 1.54) is 0 Å². The fourth-order valence-corrected chi connectivity index (χ4v) is 1.87. The third kappa shape index (κ3) is 4.76. The van der Waals surface area contributed by atoms with Crippen molar-refractivity contribution < 1.29 is 18.3 Å². The lowest BCUT2D eigenvalue weighted by Crippen LogP contribution is -2.38. The van der Waals surface area contributed by atoms with Crippen molar-refractivity contribution in [1.29, 1.82) is 0 Å². The Morgan fingerprint density at radius 1 is 1.11 bits per heavy atom. The summed E-state index contributed by atoms with van der Waals surface area (Å²) in [5.74, 6) is 0.203. The van der Waals surface area contributed by atoms with E-state index in [4.69, 9.17) is 4.74 Å². The second kappa shape index (κ2) is 7.40. The minimum atomic E-state index is -2.82. The van der Waals surface area contributed by atoms with Crippen LogP contribution < -0.4 is 10.1 Å². The van der Waals surface area contributed by atoms with E-state index in [2.05, 4.69) is 10.1 Å². The van der Waals surface area contributed by atoms with Crippen molar-refractivity contribution in [3.05, 3.63) is 29.8 Å². The first-order valence-corrected chi connectivity index (χ1v) is 6.28. The van der Waals surface area contributed by atoms with Crippen molar-refractivity contribution >= 4 is 0 Å². The zero-order valence-electron chi connectivity index (χ0n) is 11.7. The molecule has 0 saturated heterocycles. The Bertz CT molecular complexity index is 387. The van der Waals surface area contributed by atoms with E-state index in [0.717, 1.165) is 0 Å². The van der Waals surface area contributed by atoms with Crippen molar-refractivity contribution in [2.45, 2.75) is 45.6 Å². The first-order valence-electron chi connectivity index (χ1n) is 6.28. The van der Waals surface area contributed by atoms with E-state index >= 15 is 0 Å². The third-order valence-corrected chi connectivity index (χ3v) is 3.19. The number of alkyl halides is 2. The summed E-state index contributed by atoms with van der Waals surface area (Å²) in [6.07, 6.45) is 0.0330. The molecular weight excluding hydrogens is 252 g/mol. The molecule has 1 aromatic carbocycles. The average molecular weight is 273 g/mol. The van der Waals surface area contributed by atoms with Crippen LogP contribution in [0.3, 0.4) is 0 Å². The molecule has 0 saturated carbocycles. The molecule has 0 aliphatic heterocycles. The number of benzene rings is 1. The van der Waals surface area contributed by atoms with Crippen LogP contribution in [0.5, 0.6) is 5.75 Å². The van der Waals surface area contributed by atoms with Crippen LogP contribution in [0.4, 0.5) is 8.78 Å². The van der Waals surface area contributed by atoms with Crippen molar-refractivity contribution in [1.82, 2.24) is 5.32 Å². The van der Waals surface area contributed by atoms with Gasteiger partial charge in [-0.3, -0.25) is 0 Å². The molecule has 19 heavy (non-hydrogen) atoms. The molecule has 0 aromatic heterocycles. The first-order chi connectivity index (χ1) is 8.95. The summed E-state index contributed by atoms with van der Waals surface area (Å²) >= 11 is 0. The molecule has 108 valence electrons. The molecular formula is C14H21F2NO2. The van der Waals surface area contributed by atoms with Gasteiger partial charge in [-0.1, -0.05) is 18.2 Å². The fraction of sp³-hybridized carbons (Fsp3) is 0.571. The highest BCUT2D eigenvalue weighted by molar-refractivity contribution is 5.35. The molecule has 0 aliphatic carbocycles. The van der Waals surface area contributed by atoms with Gasteiger partial charge in [-0.05, 0) is 26.8 Å². The standard InChI is InChI=1S/C14H21F2NO2/c1-9(11(3)18-4)17-10(2)12-7-5-6-8-13(12)19-14(15)16/h5-11,14,17H,1-4H3. The van der Waals surface area contributed by atoms with Gasteiger partial charge in [0.1, 0.15) is 5.75 Å². The molecule has 5 heteroatoms. The normalized spacial score (nSPS) is 16.2. The fourth-order valence-electron chi connectivity index (χ4n) is 1.87. The maximum Gasteiger partial charge on any atom is 0.387 e. The van der Waals surface area contributed by atoms with E-state index < -0.39 is 6.61 Å². The minimum Gasteiger partial charge on any atom is -0.434 e. The van der Waals surface area contributed by atoms with Crippen molar-refractivity contribution in [2.75, 3.05) is 7.11 Å². The summed E-state index contributed by atoms with van der Waals surface area (Å²) in [4.78, 5) is 0. The zero-order valence-corrected chi connectivity index (χ0v) is 11.7. The van der Waals surface area contributed by atoms with Gasteiger partial charge in [-0.15, -0.1) is 0 Å². The monoisotopic (exact) mass is 273 g/mol. The smallest absolute Gasteiger partial charge is 0.387 e. The summed E-state index contributed by atoms with van der Waals surface area (Å²) < 4.78 is 34.5. The van der Waals surface area contributed by atoms with E-state index in [1.807, 2.05) is 20.8 Å². The highest BCUT2D eigenvalue weighted by Gasteiger charge is 2.18. The third-order valence-electron chi connectivity index (χ3n) is 3.19. The van der Waals surface area contributed by atoms with Crippen LogP contribution in [0.15, 0.2) is 24.3 Å². The van der Waals surface area contributed by atoms with E-state index in [-0.39, 0.29) is 23.9 Å². The molecule has 1 aromatic rings. The maximum atomic E-state index is 12.3. The van der Waals surface area contributed by atoms with Gasteiger partial charge in [0.2, 0.25) is 0 Å². The van der Waals surface area contributed by atoms with Crippen molar-refractivity contribution in [2.24, 2.45) is 0 Å². The minimum absolute atomic E-state index is 0.0330. The van der Waals surface area contributed by atoms with E-state index in [1.54, 1.807) is 31.4 Å². The van der Waals surface area contributed by atoms with Crippen LogP contribution in [0.1, 0.15) is 32.4 Å². The van der Waals surface area contributed by atoms with Gasteiger partial charge in [0.05, 0.1) is 6.10 Å². The molecule has 0 bridgehead atoms. The largest absolute Gasteiger partial charge is 0.434 e. The van der Waals surface area contributed by atoms with E-state index in [0.29, 0.717) is 5.56 Å². The number of para-hydroxylation sites is 1. The zero-order chi connectivity index (χ0) is 14.4. The predicted molar refractivity (Wildman–Crippen MR) is 70.6 cm³/mol. The van der Waals surface area contributed by atoms with E-state index in [9.17, 15) is 8.78 Å². The van der Waals surface area contributed by atoms with Gasteiger partial charge >= 0.3 is 6.61 Å². The lowest BCUT2D eigenvalue weighted by atomic mass is 10.1. The lowest BCUT2D eigenvalue weighted by molar-refractivity contribution is -0.0507. The number of rotatable bonds is 7. The first kappa shape index (κ1) is 15.9.